The van der Waals surface area contributed by atoms with Crippen LogP contribution in [0, 0.1) is 0 Å². The Kier molecular flexibility index (Phi) is 6.23. The first kappa shape index (κ1) is 29.8. The highest BCUT2D eigenvalue weighted by molar-refractivity contribution is 6.17. The summed E-state index contributed by atoms with van der Waals surface area (Å²) in [6, 6.07) is 58.0. The van der Waals surface area contributed by atoms with Crippen LogP contribution in [-0.2, 0) is 5.41 Å². The third kappa shape index (κ3) is 4.28. The van der Waals surface area contributed by atoms with Crippen molar-refractivity contribution >= 4 is 43.6 Å². The largest absolute Gasteiger partial charge is 0.309 e. The van der Waals surface area contributed by atoms with Crippen LogP contribution in [-0.4, -0.2) is 24.1 Å². The Morgan fingerprint density at radius 2 is 1.02 bits per heavy atom. The minimum atomic E-state index is -0.106. The molecule has 0 saturated carbocycles. The van der Waals surface area contributed by atoms with Crippen LogP contribution in [0.25, 0.3) is 89.2 Å². The number of hydrogen-bond acceptors (Lipinski definition) is 3. The van der Waals surface area contributed by atoms with Gasteiger partial charge in [0.15, 0.2) is 11.6 Å². The first-order valence-corrected chi connectivity index (χ1v) is 18.1. The molecule has 5 nitrogen and oxygen atoms in total. The van der Waals surface area contributed by atoms with Crippen LogP contribution in [0.5, 0.6) is 0 Å². The van der Waals surface area contributed by atoms with Gasteiger partial charge in [-0.15, -0.1) is 0 Å². The fraction of sp³-hybridized carbons (Fsp3) is 0.0625. The summed E-state index contributed by atoms with van der Waals surface area (Å²) in [5.41, 5.74) is 12.6. The second kappa shape index (κ2) is 11.1. The summed E-state index contributed by atoms with van der Waals surface area (Å²) in [5, 5.41) is 4.87. The lowest BCUT2D eigenvalue weighted by atomic mass is 9.82. The Morgan fingerprint density at radius 3 is 1.75 bits per heavy atom. The van der Waals surface area contributed by atoms with Crippen LogP contribution in [0.4, 0.5) is 0 Å². The minimum Gasteiger partial charge on any atom is -0.309 e. The van der Waals surface area contributed by atoms with Crippen molar-refractivity contribution in [1.82, 2.24) is 24.1 Å². The highest BCUT2D eigenvalue weighted by Gasteiger charge is 2.37. The molecule has 0 saturated heterocycles. The Bertz CT molecular complexity index is 3040. The second-order valence-electron chi connectivity index (χ2n) is 14.5. The highest BCUT2D eigenvalue weighted by atomic mass is 15.2. The van der Waals surface area contributed by atoms with Crippen LogP contribution < -0.4 is 0 Å². The topological polar surface area (TPSA) is 48.5 Å². The third-order valence-electron chi connectivity index (χ3n) is 11.2. The maximum Gasteiger partial charge on any atom is 0.238 e. The molecule has 0 amide bonds. The van der Waals surface area contributed by atoms with Crippen LogP contribution in [0.15, 0.2) is 164 Å². The predicted molar refractivity (Wildman–Crippen MR) is 217 cm³/mol. The summed E-state index contributed by atoms with van der Waals surface area (Å²) in [7, 11) is 0. The molecular formula is C48H33N5. The van der Waals surface area contributed by atoms with E-state index in [0.717, 1.165) is 38.9 Å². The van der Waals surface area contributed by atoms with Gasteiger partial charge in [-0.1, -0.05) is 141 Å². The first-order valence-electron chi connectivity index (χ1n) is 18.1. The zero-order valence-corrected chi connectivity index (χ0v) is 29.3. The van der Waals surface area contributed by atoms with Crippen molar-refractivity contribution in [3.05, 3.63) is 175 Å². The molecule has 3 aromatic heterocycles. The van der Waals surface area contributed by atoms with Gasteiger partial charge in [-0.05, 0) is 58.7 Å². The molecule has 0 N–H and O–H groups in total. The molecule has 0 unspecified atom stereocenters. The second-order valence-corrected chi connectivity index (χ2v) is 14.5. The molecule has 0 radical (unpaired) electrons. The summed E-state index contributed by atoms with van der Waals surface area (Å²) < 4.78 is 4.56. The Labute approximate surface area is 306 Å². The third-order valence-corrected chi connectivity index (χ3v) is 11.2. The van der Waals surface area contributed by atoms with E-state index in [2.05, 4.69) is 169 Å². The molecular weight excluding hydrogens is 647 g/mol. The molecule has 1 aliphatic carbocycles. The first-order chi connectivity index (χ1) is 26.1. The molecule has 7 aromatic carbocycles. The van der Waals surface area contributed by atoms with E-state index in [1.165, 1.54) is 43.8 Å². The van der Waals surface area contributed by atoms with Crippen molar-refractivity contribution in [2.45, 2.75) is 19.3 Å². The van der Waals surface area contributed by atoms with Gasteiger partial charge in [-0.3, -0.25) is 4.57 Å². The lowest BCUT2D eigenvalue weighted by Crippen LogP contribution is -2.14. The summed E-state index contributed by atoms with van der Waals surface area (Å²) in [5.74, 6) is 1.84. The quantitative estimate of drug-likeness (QED) is 0.186. The molecule has 1 aliphatic rings. The van der Waals surface area contributed by atoms with E-state index >= 15 is 0 Å². The van der Waals surface area contributed by atoms with E-state index in [9.17, 15) is 0 Å². The van der Waals surface area contributed by atoms with Crippen molar-refractivity contribution in [2.24, 2.45) is 0 Å². The number of aromatic nitrogens is 5. The fourth-order valence-electron chi connectivity index (χ4n) is 8.76. The SMILES string of the molecule is CC1(C)c2ccccc2-c2c1ccc1c2c2ccccc2n1-c1nc(-c2ccccc2)nc(-c2cccc(-n3c4ccccc4c4ccccc43)c2)n1. The average Bonchev–Trinajstić information content (AvgIpc) is 3.81. The lowest BCUT2D eigenvalue weighted by Gasteiger charge is -2.21. The molecule has 53 heavy (non-hydrogen) atoms. The molecule has 0 fully saturated rings. The molecule has 10 aromatic rings. The standard InChI is InChI=1S/C48H33N5/c1-48(2)37-23-10-6-21-35(37)43-38(48)27-28-42-44(43)36-22-9-13-26-41(36)53(42)47-50-45(30-15-4-3-5-16-30)49-46(51-47)31-17-14-18-32(29-31)52-39-24-11-7-19-33(39)34-20-8-12-25-40(34)52/h3-29H,1-2H3. The number of para-hydroxylation sites is 3. The number of rotatable bonds is 4. The van der Waals surface area contributed by atoms with Crippen LogP contribution in [0.1, 0.15) is 25.0 Å². The molecule has 0 atom stereocenters. The summed E-state index contributed by atoms with van der Waals surface area (Å²) >= 11 is 0. The van der Waals surface area contributed by atoms with Gasteiger partial charge in [0.25, 0.3) is 0 Å². The molecule has 0 aliphatic heterocycles. The summed E-state index contributed by atoms with van der Waals surface area (Å²) in [4.78, 5) is 15.7. The van der Waals surface area contributed by atoms with Crippen LogP contribution >= 0.6 is 0 Å². The Balaban J connectivity index is 1.18. The lowest BCUT2D eigenvalue weighted by molar-refractivity contribution is 0.661. The van der Waals surface area contributed by atoms with Gasteiger partial charge in [0.1, 0.15) is 0 Å². The van der Waals surface area contributed by atoms with Gasteiger partial charge in [0.05, 0.1) is 22.1 Å². The predicted octanol–water partition coefficient (Wildman–Crippen LogP) is 11.7. The van der Waals surface area contributed by atoms with Crippen LogP contribution in [0.3, 0.4) is 0 Å². The molecule has 3 heterocycles. The van der Waals surface area contributed by atoms with Crippen molar-refractivity contribution in [1.29, 1.82) is 0 Å². The molecule has 5 heteroatoms. The van der Waals surface area contributed by atoms with Gasteiger partial charge >= 0.3 is 0 Å². The van der Waals surface area contributed by atoms with Gasteiger partial charge in [0, 0.05) is 43.8 Å². The molecule has 0 spiro atoms. The molecule has 250 valence electrons. The van der Waals surface area contributed by atoms with Crippen molar-refractivity contribution in [3.8, 4) is 45.5 Å². The average molecular weight is 680 g/mol. The van der Waals surface area contributed by atoms with Crippen LogP contribution in [0.2, 0.25) is 0 Å². The van der Waals surface area contributed by atoms with E-state index < -0.39 is 0 Å². The smallest absolute Gasteiger partial charge is 0.238 e. The van der Waals surface area contributed by atoms with E-state index in [0.29, 0.717) is 17.6 Å². The van der Waals surface area contributed by atoms with Crippen molar-refractivity contribution in [2.75, 3.05) is 0 Å². The maximum absolute atomic E-state index is 5.32. The Morgan fingerprint density at radius 1 is 0.434 bits per heavy atom. The normalized spacial score (nSPS) is 13.2. The van der Waals surface area contributed by atoms with Gasteiger partial charge in [0.2, 0.25) is 5.95 Å². The number of benzene rings is 7. The number of nitrogens with zero attached hydrogens (tertiary/aromatic N) is 5. The van der Waals surface area contributed by atoms with E-state index in [-0.39, 0.29) is 5.41 Å². The van der Waals surface area contributed by atoms with Gasteiger partial charge < -0.3 is 4.57 Å². The van der Waals surface area contributed by atoms with E-state index in [4.69, 9.17) is 15.0 Å². The number of hydrogen-bond donors (Lipinski definition) is 0. The monoisotopic (exact) mass is 679 g/mol. The summed E-state index contributed by atoms with van der Waals surface area (Å²) in [6.45, 7) is 4.67. The summed E-state index contributed by atoms with van der Waals surface area (Å²) in [6.07, 6.45) is 0. The maximum atomic E-state index is 5.32. The van der Waals surface area contributed by atoms with Gasteiger partial charge in [-0.2, -0.15) is 9.97 Å². The Hall–Kier alpha value is -6.85. The zero-order valence-electron chi connectivity index (χ0n) is 29.3. The van der Waals surface area contributed by atoms with Crippen molar-refractivity contribution < 1.29 is 0 Å². The van der Waals surface area contributed by atoms with E-state index in [1.807, 2.05) is 18.2 Å². The van der Waals surface area contributed by atoms with Gasteiger partial charge in [-0.25, -0.2) is 4.98 Å². The van der Waals surface area contributed by atoms with Crippen molar-refractivity contribution in [3.63, 3.8) is 0 Å². The zero-order chi connectivity index (χ0) is 35.3. The van der Waals surface area contributed by atoms with E-state index in [1.54, 1.807) is 0 Å². The molecule has 11 rings (SSSR count). The molecule has 0 bridgehead atoms. The highest BCUT2D eigenvalue weighted by Crippen LogP contribution is 2.53. The fourth-order valence-corrected chi connectivity index (χ4v) is 8.76. The minimum absolute atomic E-state index is 0.106. The number of fused-ring (bicyclic) bond motifs is 10.